The van der Waals surface area contributed by atoms with Crippen LogP contribution in [0.3, 0.4) is 0 Å². The van der Waals surface area contributed by atoms with E-state index in [1.54, 1.807) is 22.3 Å². The van der Waals surface area contributed by atoms with Crippen molar-refractivity contribution in [2.24, 2.45) is 7.05 Å². The third kappa shape index (κ3) is 3.78. The van der Waals surface area contributed by atoms with Crippen molar-refractivity contribution < 1.29 is 9.53 Å². The number of aromatic nitrogens is 6. The number of imidazole rings is 1. The minimum Gasteiger partial charge on any atom is -0.397 e. The van der Waals surface area contributed by atoms with E-state index in [2.05, 4.69) is 41.5 Å². The molecule has 3 heterocycles. The van der Waals surface area contributed by atoms with Gasteiger partial charge in [-0.25, -0.2) is 14.6 Å². The Morgan fingerprint density at radius 1 is 1.37 bits per heavy atom. The minimum atomic E-state index is -0.289. The van der Waals surface area contributed by atoms with Crippen LogP contribution in [0.2, 0.25) is 0 Å². The van der Waals surface area contributed by atoms with Gasteiger partial charge in [-0.2, -0.15) is 0 Å². The summed E-state index contributed by atoms with van der Waals surface area (Å²) in [4.78, 5) is 20.9. The zero-order valence-electron chi connectivity index (χ0n) is 16.3. The number of nitrogen functional groups attached to an aromatic ring is 2. The Morgan fingerprint density at radius 3 is 2.97 bits per heavy atom. The first kappa shape index (κ1) is 20.0. The zero-order chi connectivity index (χ0) is 21.4. The number of carbonyl (C=O) groups is 1. The lowest BCUT2D eigenvalue weighted by Gasteiger charge is -2.14. The highest BCUT2D eigenvalue weighted by Crippen LogP contribution is 2.21. The third-order valence-electron chi connectivity index (χ3n) is 4.54. The molecule has 4 rings (SSSR count). The maximum absolute atomic E-state index is 12.6. The highest BCUT2D eigenvalue weighted by Gasteiger charge is 2.17. The summed E-state index contributed by atoms with van der Waals surface area (Å²) in [7, 11) is 1.80. The molecule has 11 nitrogen and oxygen atoms in total. The van der Waals surface area contributed by atoms with Gasteiger partial charge in [0.2, 0.25) is 0 Å². The molecule has 0 unspecified atom stereocenters. The van der Waals surface area contributed by atoms with E-state index in [4.69, 9.17) is 16.2 Å². The molecule has 4 aromatic rings. The number of ether oxygens (including phenoxy) is 1. The fourth-order valence-electron chi connectivity index (χ4n) is 3.14. The zero-order valence-corrected chi connectivity index (χ0v) is 17.9. The van der Waals surface area contributed by atoms with E-state index in [1.807, 2.05) is 19.1 Å². The lowest BCUT2D eigenvalue weighted by molar-refractivity contribution is 0.0816. The number of fused-ring (bicyclic) bond motifs is 2. The Balaban J connectivity index is 1.38. The van der Waals surface area contributed by atoms with Gasteiger partial charge in [0.25, 0.3) is 5.91 Å². The number of hydrogen-bond donors (Lipinski definition) is 3. The largest absolute Gasteiger partial charge is 0.397 e. The van der Waals surface area contributed by atoms with Crippen LogP contribution in [0.15, 0.2) is 29.1 Å². The maximum Gasteiger partial charge on any atom is 0.270 e. The molecule has 0 bridgehead atoms. The quantitative estimate of drug-likeness (QED) is 0.354. The van der Waals surface area contributed by atoms with Crippen molar-refractivity contribution in [1.82, 2.24) is 34.7 Å². The molecule has 12 heteroatoms. The normalized spacial score (nSPS) is 12.5. The molecule has 1 amide bonds. The molecule has 0 aliphatic heterocycles. The molecule has 0 fully saturated rings. The van der Waals surface area contributed by atoms with Gasteiger partial charge in [0, 0.05) is 19.3 Å². The minimum absolute atomic E-state index is 0.231. The van der Waals surface area contributed by atoms with E-state index in [1.165, 1.54) is 6.20 Å². The Labute approximate surface area is 179 Å². The summed E-state index contributed by atoms with van der Waals surface area (Å²) in [6.07, 6.45) is 3.10. The summed E-state index contributed by atoms with van der Waals surface area (Å²) in [5, 5.41) is 10.9. The van der Waals surface area contributed by atoms with Gasteiger partial charge in [-0.05, 0) is 40.5 Å². The molecule has 3 aromatic heterocycles. The van der Waals surface area contributed by atoms with Crippen molar-refractivity contribution in [2.45, 2.75) is 19.6 Å². The van der Waals surface area contributed by atoms with Crippen molar-refractivity contribution >= 4 is 50.0 Å². The van der Waals surface area contributed by atoms with E-state index in [-0.39, 0.29) is 17.8 Å². The number of anilines is 2. The molecular weight excluding hydrogens is 454 g/mol. The standard InChI is InChI=1S/C18H20BrN9O2/c1-9(7-30-8-10-3-11(20)15-12(4-10)27(2)26-25-15)23-18(29)13-5-22-17-16(21)24-14(19)6-28(13)17/h3-6,9H,7-8,20H2,1-2H3,(H2,21,24)(H,23,29)/t9-/m1/s1. The van der Waals surface area contributed by atoms with Crippen LogP contribution >= 0.6 is 15.9 Å². The third-order valence-corrected chi connectivity index (χ3v) is 4.92. The number of amides is 1. The number of benzene rings is 1. The van der Waals surface area contributed by atoms with Crippen molar-refractivity contribution in [2.75, 3.05) is 18.1 Å². The van der Waals surface area contributed by atoms with Crippen LogP contribution in [0.1, 0.15) is 23.0 Å². The second-order valence-corrected chi connectivity index (χ2v) is 7.75. The number of aryl methyl sites for hydroxylation is 1. The van der Waals surface area contributed by atoms with Gasteiger partial charge in [-0.15, -0.1) is 5.10 Å². The number of nitrogens with zero attached hydrogens (tertiary/aromatic N) is 6. The van der Waals surface area contributed by atoms with E-state index in [0.717, 1.165) is 11.1 Å². The van der Waals surface area contributed by atoms with Crippen LogP contribution in [-0.4, -0.2) is 47.9 Å². The summed E-state index contributed by atoms with van der Waals surface area (Å²) in [5.74, 6) is -0.0533. The monoisotopic (exact) mass is 473 g/mol. The fourth-order valence-corrected chi connectivity index (χ4v) is 3.54. The van der Waals surface area contributed by atoms with Crippen LogP contribution in [0, 0.1) is 0 Å². The summed E-state index contributed by atoms with van der Waals surface area (Å²) >= 11 is 3.27. The molecule has 0 aliphatic rings. The molecule has 1 aromatic carbocycles. The van der Waals surface area contributed by atoms with E-state index in [0.29, 0.717) is 40.4 Å². The highest BCUT2D eigenvalue weighted by atomic mass is 79.9. The van der Waals surface area contributed by atoms with E-state index in [9.17, 15) is 4.79 Å². The number of halogens is 1. The summed E-state index contributed by atoms with van der Waals surface area (Å²) in [6.45, 7) is 2.52. The highest BCUT2D eigenvalue weighted by molar-refractivity contribution is 9.10. The van der Waals surface area contributed by atoms with Gasteiger partial charge in [-0.1, -0.05) is 5.21 Å². The Kier molecular flexibility index (Phi) is 5.26. The topological polar surface area (TPSA) is 151 Å². The molecule has 0 saturated heterocycles. The molecule has 0 saturated carbocycles. The predicted molar refractivity (Wildman–Crippen MR) is 115 cm³/mol. The average molecular weight is 474 g/mol. The summed E-state index contributed by atoms with van der Waals surface area (Å²) < 4.78 is 9.53. The molecule has 5 N–H and O–H groups in total. The van der Waals surface area contributed by atoms with Crippen LogP contribution in [-0.2, 0) is 18.4 Å². The molecule has 1 atom stereocenters. The first-order chi connectivity index (χ1) is 14.3. The van der Waals surface area contributed by atoms with Crippen molar-refractivity contribution in [1.29, 1.82) is 0 Å². The molecule has 30 heavy (non-hydrogen) atoms. The number of rotatable bonds is 6. The number of nitrogens with one attached hydrogen (secondary N) is 1. The van der Waals surface area contributed by atoms with Crippen LogP contribution in [0.5, 0.6) is 0 Å². The van der Waals surface area contributed by atoms with Gasteiger partial charge < -0.3 is 21.5 Å². The molecule has 0 spiro atoms. The van der Waals surface area contributed by atoms with Crippen LogP contribution in [0.4, 0.5) is 11.5 Å². The van der Waals surface area contributed by atoms with Crippen molar-refractivity contribution in [3.05, 3.63) is 40.4 Å². The van der Waals surface area contributed by atoms with Crippen molar-refractivity contribution in [3.8, 4) is 0 Å². The Morgan fingerprint density at radius 2 is 2.17 bits per heavy atom. The lowest BCUT2D eigenvalue weighted by Crippen LogP contribution is -2.36. The first-order valence-electron chi connectivity index (χ1n) is 9.09. The summed E-state index contributed by atoms with van der Waals surface area (Å²) in [6, 6.07) is 3.52. The number of hydrogen-bond acceptors (Lipinski definition) is 8. The van der Waals surface area contributed by atoms with Crippen molar-refractivity contribution in [3.63, 3.8) is 0 Å². The fraction of sp³-hybridized carbons (Fsp3) is 0.278. The van der Waals surface area contributed by atoms with E-state index < -0.39 is 0 Å². The number of nitrogens with two attached hydrogens (primary N) is 2. The van der Waals surface area contributed by atoms with Gasteiger partial charge in [0.05, 0.1) is 30.6 Å². The molecule has 0 aliphatic carbocycles. The Hall–Kier alpha value is -3.25. The second kappa shape index (κ2) is 7.88. The lowest BCUT2D eigenvalue weighted by atomic mass is 10.2. The molecule has 156 valence electrons. The number of carbonyl (C=O) groups excluding carboxylic acids is 1. The van der Waals surface area contributed by atoms with Gasteiger partial charge in [0.15, 0.2) is 11.5 Å². The molecule has 0 radical (unpaired) electrons. The Bertz CT molecular complexity index is 1250. The van der Waals surface area contributed by atoms with Gasteiger partial charge in [0.1, 0.15) is 15.8 Å². The first-order valence-corrected chi connectivity index (χ1v) is 9.88. The summed E-state index contributed by atoms with van der Waals surface area (Å²) in [5.41, 5.74) is 15.6. The van der Waals surface area contributed by atoms with Gasteiger partial charge >= 0.3 is 0 Å². The molecular formula is C18H20BrN9O2. The second-order valence-electron chi connectivity index (χ2n) is 6.94. The predicted octanol–water partition coefficient (Wildman–Crippen LogP) is 1.27. The van der Waals surface area contributed by atoms with E-state index >= 15 is 0 Å². The van der Waals surface area contributed by atoms with Crippen LogP contribution < -0.4 is 16.8 Å². The van der Waals surface area contributed by atoms with Crippen LogP contribution in [0.25, 0.3) is 16.7 Å². The maximum atomic E-state index is 12.6. The smallest absolute Gasteiger partial charge is 0.270 e. The average Bonchev–Trinajstić information content (AvgIpc) is 3.26. The SMILES string of the molecule is C[C@H](COCc1cc(N)c2nnn(C)c2c1)NC(=O)c1cnc2c(N)nc(Br)cn12. The van der Waals surface area contributed by atoms with Gasteiger partial charge in [-0.3, -0.25) is 9.20 Å².